The highest BCUT2D eigenvalue weighted by Gasteiger charge is 2.44. The smallest absolute Gasteiger partial charge is 0.220 e. The second kappa shape index (κ2) is 8.38. The van der Waals surface area contributed by atoms with E-state index >= 15 is 0 Å². The number of hydrazone groups is 1. The summed E-state index contributed by atoms with van der Waals surface area (Å²) in [6.07, 6.45) is 6.05. The summed E-state index contributed by atoms with van der Waals surface area (Å²) in [5, 5.41) is 10.2. The highest BCUT2D eigenvalue weighted by Crippen LogP contribution is 2.34. The number of nitrogens with zero attached hydrogens (tertiary/aromatic N) is 3. The van der Waals surface area contributed by atoms with Crippen LogP contribution in [0.15, 0.2) is 41.8 Å². The van der Waals surface area contributed by atoms with E-state index in [1.165, 1.54) is 5.56 Å². The molecule has 3 N–H and O–H groups in total. The van der Waals surface area contributed by atoms with Crippen LogP contribution in [0.4, 0.5) is 0 Å². The van der Waals surface area contributed by atoms with Gasteiger partial charge in [-0.3, -0.25) is 10.2 Å². The zero-order valence-electron chi connectivity index (χ0n) is 15.8. The number of nitrogens with one attached hydrogen (secondary N) is 3. The van der Waals surface area contributed by atoms with Gasteiger partial charge in [-0.05, 0) is 24.1 Å². The van der Waals surface area contributed by atoms with Gasteiger partial charge in [0.05, 0.1) is 18.7 Å². The van der Waals surface area contributed by atoms with Gasteiger partial charge in [-0.1, -0.05) is 23.7 Å². The first-order chi connectivity index (χ1) is 13.7. The number of amides is 1. The molecule has 3 unspecified atom stereocenters. The van der Waals surface area contributed by atoms with Crippen molar-refractivity contribution in [1.29, 1.82) is 0 Å². The summed E-state index contributed by atoms with van der Waals surface area (Å²) in [5.74, 6) is 0.897. The van der Waals surface area contributed by atoms with E-state index in [2.05, 4.69) is 43.3 Å². The molecule has 0 aliphatic carbocycles. The third-order valence-corrected chi connectivity index (χ3v) is 5.54. The van der Waals surface area contributed by atoms with Gasteiger partial charge in [0.2, 0.25) is 5.91 Å². The molecule has 28 heavy (non-hydrogen) atoms. The Labute approximate surface area is 169 Å². The Kier molecular flexibility index (Phi) is 5.70. The fourth-order valence-corrected chi connectivity index (χ4v) is 3.96. The number of hydrogen-bond acceptors (Lipinski definition) is 7. The first-order valence-electron chi connectivity index (χ1n) is 9.50. The SMILES string of the molecule is COCCNC(=O)CCC1=NNC2C3CC(c4ccc(Cl)cc4)NN3C=CN12. The molecule has 3 aliphatic rings. The molecule has 1 fully saturated rings. The van der Waals surface area contributed by atoms with Crippen LogP contribution in [0.5, 0.6) is 0 Å². The molecule has 0 bridgehead atoms. The van der Waals surface area contributed by atoms with Gasteiger partial charge in [0.15, 0.2) is 0 Å². The van der Waals surface area contributed by atoms with Crippen LogP contribution >= 0.6 is 11.6 Å². The molecule has 0 radical (unpaired) electrons. The van der Waals surface area contributed by atoms with E-state index in [9.17, 15) is 4.79 Å². The quantitative estimate of drug-likeness (QED) is 0.598. The molecule has 3 aliphatic heterocycles. The molecule has 1 aromatic carbocycles. The zero-order valence-corrected chi connectivity index (χ0v) is 16.5. The highest BCUT2D eigenvalue weighted by atomic mass is 35.5. The number of carbonyl (C=O) groups is 1. The fourth-order valence-electron chi connectivity index (χ4n) is 3.83. The first-order valence-corrected chi connectivity index (χ1v) is 9.88. The molecule has 1 saturated heterocycles. The number of halogens is 1. The molecule has 1 amide bonds. The van der Waals surface area contributed by atoms with Crippen molar-refractivity contribution in [3.8, 4) is 0 Å². The topological polar surface area (TPSA) is 81.2 Å². The summed E-state index contributed by atoms with van der Waals surface area (Å²) in [6, 6.07) is 8.43. The van der Waals surface area contributed by atoms with Gasteiger partial charge in [-0.15, -0.1) is 0 Å². The van der Waals surface area contributed by atoms with Crippen molar-refractivity contribution < 1.29 is 9.53 Å². The minimum Gasteiger partial charge on any atom is -0.383 e. The van der Waals surface area contributed by atoms with Crippen molar-refractivity contribution in [2.45, 2.75) is 37.5 Å². The van der Waals surface area contributed by atoms with Crippen molar-refractivity contribution in [1.82, 2.24) is 26.1 Å². The largest absolute Gasteiger partial charge is 0.383 e. The number of fused-ring (bicyclic) bond motifs is 3. The highest BCUT2D eigenvalue weighted by molar-refractivity contribution is 6.30. The van der Waals surface area contributed by atoms with E-state index in [0.29, 0.717) is 26.0 Å². The maximum absolute atomic E-state index is 11.9. The normalized spacial score (nSPS) is 25.2. The van der Waals surface area contributed by atoms with Gasteiger partial charge in [0.25, 0.3) is 0 Å². The number of hydrazine groups is 1. The Hall–Kier alpha value is -2.29. The van der Waals surface area contributed by atoms with Crippen molar-refractivity contribution in [2.75, 3.05) is 20.3 Å². The van der Waals surface area contributed by atoms with E-state index in [1.807, 2.05) is 24.5 Å². The standard InChI is InChI=1S/C19H25ClN6O2/c1-28-11-8-21-18(27)7-6-17-22-23-19-16-12-15(13-2-4-14(20)5-3-13)24-26(16)10-9-25(17)19/h2-5,9-10,15-16,19,23-24H,6-8,11-12H2,1H3,(H,21,27). The number of ether oxygens (including phenoxy) is 1. The molecule has 4 rings (SSSR count). The zero-order chi connectivity index (χ0) is 19.5. The monoisotopic (exact) mass is 404 g/mol. The van der Waals surface area contributed by atoms with Crippen LogP contribution in [-0.2, 0) is 9.53 Å². The molecule has 9 heteroatoms. The lowest BCUT2D eigenvalue weighted by Crippen LogP contribution is -2.54. The average Bonchev–Trinajstić information content (AvgIpc) is 3.31. The molecule has 0 spiro atoms. The Morgan fingerprint density at radius 2 is 2.18 bits per heavy atom. The molecule has 0 saturated carbocycles. The average molecular weight is 405 g/mol. The van der Waals surface area contributed by atoms with Crippen LogP contribution < -0.4 is 16.2 Å². The lowest BCUT2D eigenvalue weighted by Gasteiger charge is -2.37. The van der Waals surface area contributed by atoms with E-state index in [0.717, 1.165) is 17.3 Å². The van der Waals surface area contributed by atoms with Gasteiger partial charge in [0, 0.05) is 43.9 Å². The van der Waals surface area contributed by atoms with Crippen LogP contribution in [-0.4, -0.2) is 54.1 Å². The predicted molar refractivity (Wildman–Crippen MR) is 107 cm³/mol. The Morgan fingerprint density at radius 1 is 1.36 bits per heavy atom. The van der Waals surface area contributed by atoms with Gasteiger partial charge in [0.1, 0.15) is 12.0 Å². The van der Waals surface area contributed by atoms with E-state index < -0.39 is 0 Å². The van der Waals surface area contributed by atoms with Crippen molar-refractivity contribution in [2.24, 2.45) is 5.10 Å². The van der Waals surface area contributed by atoms with Crippen LogP contribution in [0.25, 0.3) is 0 Å². The minimum atomic E-state index is 0.0103. The number of rotatable bonds is 7. The summed E-state index contributed by atoms with van der Waals surface area (Å²) in [4.78, 5) is 14.1. The predicted octanol–water partition coefficient (Wildman–Crippen LogP) is 1.53. The Bertz CT molecular complexity index is 768. The third kappa shape index (κ3) is 3.94. The lowest BCUT2D eigenvalue weighted by molar-refractivity contribution is -0.121. The number of carbonyl (C=O) groups excluding carboxylic acids is 1. The van der Waals surface area contributed by atoms with Crippen molar-refractivity contribution in [3.63, 3.8) is 0 Å². The van der Waals surface area contributed by atoms with Crippen LogP contribution in [0.2, 0.25) is 5.02 Å². The van der Waals surface area contributed by atoms with Crippen molar-refractivity contribution in [3.05, 3.63) is 47.3 Å². The van der Waals surface area contributed by atoms with Gasteiger partial charge >= 0.3 is 0 Å². The molecule has 150 valence electrons. The summed E-state index contributed by atoms with van der Waals surface area (Å²) in [5.41, 5.74) is 8.00. The molecule has 3 atom stereocenters. The summed E-state index contributed by atoms with van der Waals surface area (Å²) >= 11 is 6.01. The van der Waals surface area contributed by atoms with Crippen LogP contribution in [0.1, 0.15) is 30.9 Å². The molecule has 0 aromatic heterocycles. The molecule has 8 nitrogen and oxygen atoms in total. The number of amidine groups is 1. The van der Waals surface area contributed by atoms with Gasteiger partial charge in [-0.2, -0.15) is 5.10 Å². The Balaban J connectivity index is 1.33. The van der Waals surface area contributed by atoms with Crippen molar-refractivity contribution >= 4 is 23.3 Å². The molecular weight excluding hydrogens is 380 g/mol. The van der Waals surface area contributed by atoms with E-state index in [-0.39, 0.29) is 24.2 Å². The summed E-state index contributed by atoms with van der Waals surface area (Å²) in [7, 11) is 1.62. The molecular formula is C19H25ClN6O2. The van der Waals surface area contributed by atoms with Gasteiger partial charge in [-0.25, -0.2) is 5.43 Å². The fraction of sp³-hybridized carbons (Fsp3) is 0.474. The summed E-state index contributed by atoms with van der Waals surface area (Å²) < 4.78 is 4.94. The second-order valence-electron chi connectivity index (χ2n) is 7.09. The Morgan fingerprint density at radius 3 is 2.96 bits per heavy atom. The third-order valence-electron chi connectivity index (χ3n) is 5.29. The summed E-state index contributed by atoms with van der Waals surface area (Å²) in [6.45, 7) is 1.05. The molecule has 1 aromatic rings. The number of hydrogen-bond donors (Lipinski definition) is 3. The van der Waals surface area contributed by atoms with Crippen LogP contribution in [0, 0.1) is 0 Å². The second-order valence-corrected chi connectivity index (χ2v) is 7.53. The van der Waals surface area contributed by atoms with E-state index in [4.69, 9.17) is 16.3 Å². The maximum Gasteiger partial charge on any atom is 0.220 e. The minimum absolute atomic E-state index is 0.0103. The van der Waals surface area contributed by atoms with E-state index in [1.54, 1.807) is 7.11 Å². The van der Waals surface area contributed by atoms with Gasteiger partial charge < -0.3 is 20.0 Å². The number of methoxy groups -OCH3 is 1. The lowest BCUT2D eigenvalue weighted by atomic mass is 9.99. The molecule has 3 heterocycles. The number of benzene rings is 1. The first kappa shape index (κ1) is 19.0. The van der Waals surface area contributed by atoms with Crippen LogP contribution in [0.3, 0.4) is 0 Å². The maximum atomic E-state index is 11.9.